The Balaban J connectivity index is 2.42. The molecule has 0 spiro atoms. The number of benzene rings is 1. The van der Waals surface area contributed by atoms with Crippen LogP contribution in [0, 0.1) is 0 Å². The molecule has 0 saturated heterocycles. The standard InChI is InChI=1S/C10H10O2/c11-10(12)9-6-5-7-3-1-2-4-8(7)9/h1-4,9H,5-6H2,(H,11,12)/p-1/t9-/m1/s1. The van der Waals surface area contributed by atoms with Gasteiger partial charge in [0.05, 0.1) is 0 Å². The maximum atomic E-state index is 10.7. The number of carboxylic acid groups (broad SMARTS) is 1. The van der Waals surface area contributed by atoms with Gasteiger partial charge in [0.25, 0.3) is 0 Å². The van der Waals surface area contributed by atoms with E-state index < -0.39 is 5.97 Å². The van der Waals surface area contributed by atoms with Crippen LogP contribution in [-0.2, 0) is 11.2 Å². The van der Waals surface area contributed by atoms with Gasteiger partial charge in [-0.1, -0.05) is 24.3 Å². The van der Waals surface area contributed by atoms with Gasteiger partial charge in [0.15, 0.2) is 0 Å². The minimum Gasteiger partial charge on any atom is -0.549 e. The van der Waals surface area contributed by atoms with Gasteiger partial charge in [0.1, 0.15) is 0 Å². The van der Waals surface area contributed by atoms with E-state index >= 15 is 0 Å². The van der Waals surface area contributed by atoms with E-state index in [1.165, 1.54) is 0 Å². The molecule has 1 aromatic rings. The molecule has 0 N–H and O–H groups in total. The van der Waals surface area contributed by atoms with E-state index in [4.69, 9.17) is 0 Å². The number of aliphatic carboxylic acids is 1. The number of carbonyl (C=O) groups is 1. The Hall–Kier alpha value is -1.31. The van der Waals surface area contributed by atoms with E-state index in [0.29, 0.717) is 6.42 Å². The van der Waals surface area contributed by atoms with E-state index in [0.717, 1.165) is 17.5 Å². The average molecular weight is 161 g/mol. The lowest BCUT2D eigenvalue weighted by Gasteiger charge is -2.11. The highest BCUT2D eigenvalue weighted by Crippen LogP contribution is 2.31. The van der Waals surface area contributed by atoms with Crippen molar-refractivity contribution in [3.8, 4) is 0 Å². The summed E-state index contributed by atoms with van der Waals surface area (Å²) in [5, 5.41) is 10.7. The SMILES string of the molecule is O=C([O-])[C@@H]1CCc2ccccc21. The van der Waals surface area contributed by atoms with Gasteiger partial charge in [-0.3, -0.25) is 0 Å². The number of carboxylic acids is 1. The molecule has 0 fully saturated rings. The Labute approximate surface area is 70.8 Å². The minimum atomic E-state index is -0.944. The third-order valence-corrected chi connectivity index (χ3v) is 2.42. The molecule has 1 aliphatic carbocycles. The monoisotopic (exact) mass is 161 g/mol. The Morgan fingerprint density at radius 1 is 1.42 bits per heavy atom. The number of rotatable bonds is 1. The molecular formula is C10H9O2-. The van der Waals surface area contributed by atoms with Crippen LogP contribution in [0.2, 0.25) is 0 Å². The first-order valence-corrected chi connectivity index (χ1v) is 4.07. The van der Waals surface area contributed by atoms with Gasteiger partial charge in [-0.2, -0.15) is 0 Å². The molecule has 0 aliphatic heterocycles. The fraction of sp³-hybridized carbons (Fsp3) is 0.300. The summed E-state index contributed by atoms with van der Waals surface area (Å²) < 4.78 is 0. The van der Waals surface area contributed by atoms with Crippen LogP contribution in [-0.4, -0.2) is 5.97 Å². The molecule has 0 aromatic heterocycles. The van der Waals surface area contributed by atoms with Crippen molar-refractivity contribution in [1.29, 1.82) is 0 Å². The molecule has 2 heteroatoms. The number of hydrogen-bond donors (Lipinski definition) is 0. The van der Waals surface area contributed by atoms with Crippen LogP contribution in [0.25, 0.3) is 0 Å². The lowest BCUT2D eigenvalue weighted by Crippen LogP contribution is -2.28. The molecule has 0 radical (unpaired) electrons. The lowest BCUT2D eigenvalue weighted by atomic mass is 10.0. The molecule has 62 valence electrons. The smallest absolute Gasteiger partial charge is 0.0489 e. The lowest BCUT2D eigenvalue weighted by molar-refractivity contribution is -0.307. The van der Waals surface area contributed by atoms with E-state index in [1.807, 2.05) is 24.3 Å². The Kier molecular flexibility index (Phi) is 1.61. The highest BCUT2D eigenvalue weighted by atomic mass is 16.4. The van der Waals surface area contributed by atoms with Crippen LogP contribution in [0.15, 0.2) is 24.3 Å². The second-order valence-electron chi connectivity index (χ2n) is 3.11. The zero-order valence-corrected chi connectivity index (χ0v) is 6.62. The van der Waals surface area contributed by atoms with Gasteiger partial charge in [-0.15, -0.1) is 0 Å². The summed E-state index contributed by atoms with van der Waals surface area (Å²) >= 11 is 0. The van der Waals surface area contributed by atoms with Gasteiger partial charge in [-0.25, -0.2) is 0 Å². The van der Waals surface area contributed by atoms with Crippen molar-refractivity contribution < 1.29 is 9.90 Å². The van der Waals surface area contributed by atoms with Gasteiger partial charge in [-0.05, 0) is 24.0 Å². The van der Waals surface area contributed by atoms with Crippen LogP contribution in [0.4, 0.5) is 0 Å². The highest BCUT2D eigenvalue weighted by molar-refractivity contribution is 5.75. The first-order chi connectivity index (χ1) is 5.79. The van der Waals surface area contributed by atoms with E-state index in [2.05, 4.69) is 0 Å². The largest absolute Gasteiger partial charge is 0.549 e. The summed E-state index contributed by atoms with van der Waals surface area (Å²) in [6.45, 7) is 0. The van der Waals surface area contributed by atoms with Gasteiger partial charge in [0, 0.05) is 11.9 Å². The second kappa shape index (κ2) is 2.63. The number of hydrogen-bond acceptors (Lipinski definition) is 2. The zero-order valence-electron chi connectivity index (χ0n) is 6.62. The molecule has 1 aliphatic rings. The number of carbonyl (C=O) groups excluding carboxylic acids is 1. The first kappa shape index (κ1) is 7.35. The molecule has 2 nitrogen and oxygen atoms in total. The fourth-order valence-electron chi connectivity index (χ4n) is 1.80. The fourth-order valence-corrected chi connectivity index (χ4v) is 1.80. The predicted molar refractivity (Wildman–Crippen MR) is 42.5 cm³/mol. The molecule has 0 heterocycles. The average Bonchev–Trinajstić information content (AvgIpc) is 2.47. The number of fused-ring (bicyclic) bond motifs is 1. The van der Waals surface area contributed by atoms with E-state index in [9.17, 15) is 9.90 Å². The topological polar surface area (TPSA) is 40.1 Å². The molecule has 1 aromatic carbocycles. The molecule has 0 amide bonds. The second-order valence-corrected chi connectivity index (χ2v) is 3.11. The van der Waals surface area contributed by atoms with Gasteiger partial charge >= 0.3 is 0 Å². The molecule has 1 atom stereocenters. The van der Waals surface area contributed by atoms with Crippen molar-refractivity contribution in [1.82, 2.24) is 0 Å². The Morgan fingerprint density at radius 2 is 2.17 bits per heavy atom. The zero-order chi connectivity index (χ0) is 8.55. The Bertz CT molecular complexity index is 317. The summed E-state index contributed by atoms with van der Waals surface area (Å²) in [4.78, 5) is 10.7. The van der Waals surface area contributed by atoms with Crippen molar-refractivity contribution >= 4 is 5.97 Å². The maximum Gasteiger partial charge on any atom is 0.0489 e. The van der Waals surface area contributed by atoms with Crippen molar-refractivity contribution in [3.05, 3.63) is 35.4 Å². The van der Waals surface area contributed by atoms with Crippen molar-refractivity contribution in [2.75, 3.05) is 0 Å². The summed E-state index contributed by atoms with van der Waals surface area (Å²) in [7, 11) is 0. The number of aryl methyl sites for hydroxylation is 1. The summed E-state index contributed by atoms with van der Waals surface area (Å²) in [5.74, 6) is -1.32. The van der Waals surface area contributed by atoms with Crippen LogP contribution < -0.4 is 5.11 Å². The van der Waals surface area contributed by atoms with Gasteiger partial charge in [0.2, 0.25) is 0 Å². The normalized spacial score (nSPS) is 20.5. The van der Waals surface area contributed by atoms with Crippen molar-refractivity contribution in [3.63, 3.8) is 0 Å². The first-order valence-electron chi connectivity index (χ1n) is 4.07. The molecule has 0 saturated carbocycles. The molecule has 0 bridgehead atoms. The molecule has 12 heavy (non-hydrogen) atoms. The van der Waals surface area contributed by atoms with Crippen LogP contribution in [0.5, 0.6) is 0 Å². The van der Waals surface area contributed by atoms with Crippen LogP contribution in [0.3, 0.4) is 0 Å². The summed E-state index contributed by atoms with van der Waals surface area (Å²) in [6.07, 6.45) is 1.57. The maximum absolute atomic E-state index is 10.7. The molecular weight excluding hydrogens is 152 g/mol. The van der Waals surface area contributed by atoms with Crippen molar-refractivity contribution in [2.24, 2.45) is 0 Å². The Morgan fingerprint density at radius 3 is 2.92 bits per heavy atom. The summed E-state index contributed by atoms with van der Waals surface area (Å²) in [5.41, 5.74) is 2.10. The minimum absolute atomic E-state index is 0.374. The van der Waals surface area contributed by atoms with E-state index in [1.54, 1.807) is 0 Å². The quantitative estimate of drug-likeness (QED) is 0.600. The predicted octanol–water partition coefficient (Wildman–Crippen LogP) is 0.466. The van der Waals surface area contributed by atoms with Crippen molar-refractivity contribution in [2.45, 2.75) is 18.8 Å². The van der Waals surface area contributed by atoms with E-state index in [-0.39, 0.29) is 5.92 Å². The highest BCUT2D eigenvalue weighted by Gasteiger charge is 2.22. The molecule has 0 unspecified atom stereocenters. The third kappa shape index (κ3) is 0.998. The van der Waals surface area contributed by atoms with Crippen LogP contribution >= 0.6 is 0 Å². The molecule has 2 rings (SSSR count). The van der Waals surface area contributed by atoms with Gasteiger partial charge < -0.3 is 9.90 Å². The third-order valence-electron chi connectivity index (χ3n) is 2.42. The van der Waals surface area contributed by atoms with Crippen LogP contribution in [0.1, 0.15) is 23.5 Å². The summed E-state index contributed by atoms with van der Waals surface area (Å²) in [6, 6.07) is 7.68.